The number of likely N-dealkylation sites (tertiary alicyclic amines) is 1. The standard InChI is InChI=1S/C26H38N4O/c1-20(2)30(18-17-29-15-8-16-29)25(31)24(21-9-7-14-27-19-21)28(6)23-12-10-22(11-13-23)26(3,4)5/h7,9-14,19-20,24H,8,15-18H2,1-6H3. The van der Waals surface area contributed by atoms with Gasteiger partial charge in [0.25, 0.3) is 0 Å². The van der Waals surface area contributed by atoms with Crippen LogP contribution in [0.2, 0.25) is 0 Å². The van der Waals surface area contributed by atoms with Crippen molar-refractivity contribution in [3.05, 3.63) is 59.9 Å². The number of pyridine rings is 1. The Morgan fingerprint density at radius 3 is 2.29 bits per heavy atom. The molecular formula is C26H38N4O. The van der Waals surface area contributed by atoms with Crippen molar-refractivity contribution in [3.63, 3.8) is 0 Å². The Hall–Kier alpha value is -2.40. The van der Waals surface area contributed by atoms with E-state index in [0.717, 1.165) is 37.4 Å². The Morgan fingerprint density at radius 1 is 1.13 bits per heavy atom. The van der Waals surface area contributed by atoms with E-state index in [2.05, 4.69) is 73.7 Å². The first-order chi connectivity index (χ1) is 14.7. The maximum atomic E-state index is 13.9. The number of carbonyl (C=O) groups excluding carboxylic acids is 1. The quantitative estimate of drug-likeness (QED) is 0.628. The number of nitrogens with zero attached hydrogens (tertiary/aromatic N) is 4. The lowest BCUT2D eigenvalue weighted by Crippen LogP contribution is -2.49. The third-order valence-corrected chi connectivity index (χ3v) is 6.27. The Balaban J connectivity index is 1.88. The molecule has 5 heteroatoms. The van der Waals surface area contributed by atoms with Gasteiger partial charge in [0.15, 0.2) is 0 Å². The monoisotopic (exact) mass is 422 g/mol. The summed E-state index contributed by atoms with van der Waals surface area (Å²) in [6.45, 7) is 14.8. The van der Waals surface area contributed by atoms with Gasteiger partial charge in [-0.3, -0.25) is 9.78 Å². The highest BCUT2D eigenvalue weighted by atomic mass is 16.2. The van der Waals surface area contributed by atoms with Crippen molar-refractivity contribution in [1.82, 2.24) is 14.8 Å². The van der Waals surface area contributed by atoms with Crippen LogP contribution in [0, 0.1) is 0 Å². The summed E-state index contributed by atoms with van der Waals surface area (Å²) in [6.07, 6.45) is 4.84. The van der Waals surface area contributed by atoms with E-state index >= 15 is 0 Å². The van der Waals surface area contributed by atoms with Gasteiger partial charge in [-0.05, 0) is 62.5 Å². The molecule has 1 amide bonds. The number of hydrogen-bond donors (Lipinski definition) is 0. The van der Waals surface area contributed by atoms with Crippen molar-refractivity contribution in [2.24, 2.45) is 0 Å². The summed E-state index contributed by atoms with van der Waals surface area (Å²) in [5.41, 5.74) is 3.33. The molecule has 1 aliphatic heterocycles. The van der Waals surface area contributed by atoms with Gasteiger partial charge in [0.05, 0.1) is 0 Å². The summed E-state index contributed by atoms with van der Waals surface area (Å²) < 4.78 is 0. The Kier molecular flexibility index (Phi) is 7.37. The second-order valence-electron chi connectivity index (χ2n) is 9.92. The van der Waals surface area contributed by atoms with Crippen LogP contribution in [0.5, 0.6) is 0 Å². The number of carbonyl (C=O) groups is 1. The molecule has 2 aromatic rings. The molecule has 1 atom stereocenters. The first-order valence-corrected chi connectivity index (χ1v) is 11.4. The molecule has 5 nitrogen and oxygen atoms in total. The third kappa shape index (κ3) is 5.65. The maximum Gasteiger partial charge on any atom is 0.250 e. The fraction of sp³-hybridized carbons (Fsp3) is 0.538. The first-order valence-electron chi connectivity index (χ1n) is 11.4. The van der Waals surface area contributed by atoms with E-state index in [0.29, 0.717) is 0 Å². The number of aromatic nitrogens is 1. The maximum absolute atomic E-state index is 13.9. The molecule has 0 bridgehead atoms. The van der Waals surface area contributed by atoms with Gasteiger partial charge in [0, 0.05) is 49.8 Å². The van der Waals surface area contributed by atoms with Gasteiger partial charge in [-0.2, -0.15) is 0 Å². The predicted octanol–water partition coefficient (Wildman–Crippen LogP) is 4.50. The molecule has 1 aliphatic rings. The highest BCUT2D eigenvalue weighted by molar-refractivity contribution is 5.87. The molecule has 1 saturated heterocycles. The summed E-state index contributed by atoms with van der Waals surface area (Å²) >= 11 is 0. The van der Waals surface area contributed by atoms with E-state index in [1.54, 1.807) is 6.20 Å². The summed E-state index contributed by atoms with van der Waals surface area (Å²) in [5.74, 6) is 0.130. The molecule has 1 unspecified atom stereocenters. The lowest BCUT2D eigenvalue weighted by molar-refractivity contribution is -0.134. The van der Waals surface area contributed by atoms with Crippen LogP contribution in [0.15, 0.2) is 48.8 Å². The molecule has 3 rings (SSSR count). The SMILES string of the molecule is CC(C)N(CCN1CCC1)C(=O)C(c1cccnc1)N(C)c1ccc(C(C)(C)C)cc1. The summed E-state index contributed by atoms with van der Waals surface area (Å²) in [6, 6.07) is 12.2. The summed E-state index contributed by atoms with van der Waals surface area (Å²) in [7, 11) is 2.01. The number of hydrogen-bond acceptors (Lipinski definition) is 4. The largest absolute Gasteiger partial charge is 0.359 e. The van der Waals surface area contributed by atoms with Crippen LogP contribution < -0.4 is 4.90 Å². The second kappa shape index (κ2) is 9.82. The Labute approximate surface area is 188 Å². The second-order valence-corrected chi connectivity index (χ2v) is 9.92. The van der Waals surface area contributed by atoms with Gasteiger partial charge in [-0.15, -0.1) is 0 Å². The van der Waals surface area contributed by atoms with Crippen molar-refractivity contribution in [3.8, 4) is 0 Å². The van der Waals surface area contributed by atoms with Gasteiger partial charge in [0.2, 0.25) is 5.91 Å². The van der Waals surface area contributed by atoms with Crippen LogP contribution in [-0.4, -0.2) is 60.0 Å². The summed E-state index contributed by atoms with van der Waals surface area (Å²) in [5, 5.41) is 0. The molecule has 168 valence electrons. The van der Waals surface area contributed by atoms with Crippen LogP contribution >= 0.6 is 0 Å². The van der Waals surface area contributed by atoms with Crippen LogP contribution in [0.25, 0.3) is 0 Å². The van der Waals surface area contributed by atoms with E-state index in [-0.39, 0.29) is 17.4 Å². The minimum atomic E-state index is -0.409. The van der Waals surface area contributed by atoms with E-state index in [4.69, 9.17) is 0 Å². The molecule has 1 aromatic carbocycles. The lowest BCUT2D eigenvalue weighted by Gasteiger charge is -2.38. The zero-order valence-electron chi connectivity index (χ0n) is 20.0. The van der Waals surface area contributed by atoms with Gasteiger partial charge in [-0.25, -0.2) is 0 Å². The average molecular weight is 423 g/mol. The summed E-state index contributed by atoms with van der Waals surface area (Å²) in [4.78, 5) is 24.7. The molecule has 31 heavy (non-hydrogen) atoms. The molecule has 2 heterocycles. The van der Waals surface area contributed by atoms with Gasteiger partial charge in [0.1, 0.15) is 6.04 Å². The lowest BCUT2D eigenvalue weighted by atomic mass is 9.87. The smallest absolute Gasteiger partial charge is 0.250 e. The van der Waals surface area contributed by atoms with Gasteiger partial charge < -0.3 is 14.7 Å². The first kappa shape index (κ1) is 23.3. The van der Waals surface area contributed by atoms with Crippen LogP contribution in [0.4, 0.5) is 5.69 Å². The molecule has 1 fully saturated rings. The van der Waals surface area contributed by atoms with Crippen molar-refractivity contribution >= 4 is 11.6 Å². The van der Waals surface area contributed by atoms with Crippen LogP contribution in [0.1, 0.15) is 58.2 Å². The number of likely N-dealkylation sites (N-methyl/N-ethyl adjacent to an activating group) is 1. The third-order valence-electron chi connectivity index (χ3n) is 6.27. The van der Waals surface area contributed by atoms with Gasteiger partial charge >= 0.3 is 0 Å². The fourth-order valence-corrected chi connectivity index (χ4v) is 4.05. The predicted molar refractivity (Wildman–Crippen MR) is 128 cm³/mol. The molecule has 0 aliphatic carbocycles. The van der Waals surface area contributed by atoms with Crippen molar-refractivity contribution in [2.45, 2.75) is 58.5 Å². The molecule has 0 saturated carbocycles. The number of benzene rings is 1. The fourth-order valence-electron chi connectivity index (χ4n) is 4.05. The van der Waals surface area contributed by atoms with E-state index in [1.165, 1.54) is 12.0 Å². The highest BCUT2D eigenvalue weighted by Crippen LogP contribution is 2.30. The Bertz CT molecular complexity index is 838. The zero-order valence-corrected chi connectivity index (χ0v) is 20.0. The highest BCUT2D eigenvalue weighted by Gasteiger charge is 2.32. The minimum Gasteiger partial charge on any atom is -0.359 e. The van der Waals surface area contributed by atoms with Gasteiger partial charge in [-0.1, -0.05) is 39.0 Å². The van der Waals surface area contributed by atoms with Crippen LogP contribution in [-0.2, 0) is 10.2 Å². The van der Waals surface area contributed by atoms with Crippen LogP contribution in [0.3, 0.4) is 0 Å². The van der Waals surface area contributed by atoms with Crippen molar-refractivity contribution < 1.29 is 4.79 Å². The zero-order chi connectivity index (χ0) is 22.6. The number of amides is 1. The minimum absolute atomic E-state index is 0.0982. The molecule has 1 aromatic heterocycles. The number of anilines is 1. The van der Waals surface area contributed by atoms with E-state index in [9.17, 15) is 4.79 Å². The normalized spacial score (nSPS) is 15.5. The van der Waals surface area contributed by atoms with E-state index < -0.39 is 6.04 Å². The molecule has 0 spiro atoms. The average Bonchev–Trinajstić information content (AvgIpc) is 2.69. The topological polar surface area (TPSA) is 39.7 Å². The molecule has 0 radical (unpaired) electrons. The molecule has 0 N–H and O–H groups in total. The molecular weight excluding hydrogens is 384 g/mol. The number of rotatable bonds is 8. The van der Waals surface area contributed by atoms with Crippen molar-refractivity contribution in [2.75, 3.05) is 38.1 Å². The van der Waals surface area contributed by atoms with Crippen molar-refractivity contribution in [1.29, 1.82) is 0 Å². The Morgan fingerprint density at radius 2 is 1.81 bits per heavy atom. The van der Waals surface area contributed by atoms with E-state index in [1.807, 2.05) is 30.3 Å².